The number of anilines is 1. The molecule has 36 heavy (non-hydrogen) atoms. The number of hydrogen-bond donors (Lipinski definition) is 1. The second-order valence-electron chi connectivity index (χ2n) is 9.14. The predicted octanol–water partition coefficient (Wildman–Crippen LogP) is 4.96. The molecule has 2 amide bonds. The van der Waals surface area contributed by atoms with Crippen molar-refractivity contribution in [2.75, 3.05) is 38.0 Å². The number of aromatic nitrogens is 1. The van der Waals surface area contributed by atoms with Crippen LogP contribution in [0.5, 0.6) is 0 Å². The van der Waals surface area contributed by atoms with E-state index in [0.29, 0.717) is 25.3 Å². The van der Waals surface area contributed by atoms with Crippen LogP contribution in [0, 0.1) is 0 Å². The van der Waals surface area contributed by atoms with Gasteiger partial charge >= 0.3 is 6.18 Å². The van der Waals surface area contributed by atoms with Crippen LogP contribution in [-0.4, -0.2) is 58.9 Å². The summed E-state index contributed by atoms with van der Waals surface area (Å²) in [6, 6.07) is 12.5. The molecule has 2 aromatic carbocycles. The Morgan fingerprint density at radius 2 is 1.72 bits per heavy atom. The minimum Gasteiger partial charge on any atom is -0.342 e. The molecular weight excluding hydrogens is 469 g/mol. The molecule has 2 heterocycles. The van der Waals surface area contributed by atoms with Crippen molar-refractivity contribution >= 4 is 28.4 Å². The summed E-state index contributed by atoms with van der Waals surface area (Å²) in [6.07, 6.45) is -1.46. The Hall–Kier alpha value is -3.33. The van der Waals surface area contributed by atoms with Crippen LogP contribution in [0.15, 0.2) is 54.7 Å². The van der Waals surface area contributed by atoms with Crippen LogP contribution in [0.4, 0.5) is 18.9 Å². The molecule has 1 aliphatic heterocycles. The third-order valence-corrected chi connectivity index (χ3v) is 6.82. The van der Waals surface area contributed by atoms with Gasteiger partial charge in [-0.3, -0.25) is 14.5 Å². The maximum Gasteiger partial charge on any atom is 0.416 e. The lowest BCUT2D eigenvalue weighted by atomic mass is 9.98. The van der Waals surface area contributed by atoms with Crippen LogP contribution < -0.4 is 5.32 Å². The summed E-state index contributed by atoms with van der Waals surface area (Å²) >= 11 is 0. The highest BCUT2D eigenvalue weighted by Gasteiger charge is 2.30. The number of likely N-dealkylation sites (tertiary alicyclic amines) is 1. The minimum atomic E-state index is -4.41. The molecule has 1 aromatic heterocycles. The fraction of sp³-hybridized carbons (Fsp3) is 0.407. The van der Waals surface area contributed by atoms with Gasteiger partial charge in [0.15, 0.2) is 0 Å². The number of alkyl halides is 3. The molecule has 1 N–H and O–H groups in total. The fourth-order valence-electron chi connectivity index (χ4n) is 4.93. The Morgan fingerprint density at radius 3 is 2.39 bits per heavy atom. The van der Waals surface area contributed by atoms with Crippen LogP contribution in [-0.2, 0) is 22.3 Å². The Balaban J connectivity index is 1.41. The van der Waals surface area contributed by atoms with E-state index in [4.69, 9.17) is 0 Å². The third-order valence-electron chi connectivity index (χ3n) is 6.82. The lowest BCUT2D eigenvalue weighted by Gasteiger charge is -2.19. The first-order valence-corrected chi connectivity index (χ1v) is 12.2. The van der Waals surface area contributed by atoms with E-state index >= 15 is 0 Å². The fourth-order valence-corrected chi connectivity index (χ4v) is 4.93. The molecule has 1 aliphatic rings. The molecule has 6 nitrogen and oxygen atoms in total. The van der Waals surface area contributed by atoms with Crippen molar-refractivity contribution < 1.29 is 22.8 Å². The molecule has 9 heteroatoms. The van der Waals surface area contributed by atoms with Crippen molar-refractivity contribution in [3.05, 3.63) is 65.9 Å². The Kier molecular flexibility index (Phi) is 7.68. The van der Waals surface area contributed by atoms with Crippen molar-refractivity contribution in [3.63, 3.8) is 0 Å². The van der Waals surface area contributed by atoms with Gasteiger partial charge in [0, 0.05) is 42.4 Å². The molecule has 0 spiro atoms. The van der Waals surface area contributed by atoms with E-state index in [0.717, 1.165) is 36.0 Å². The van der Waals surface area contributed by atoms with Crippen molar-refractivity contribution in [2.24, 2.45) is 0 Å². The van der Waals surface area contributed by atoms with Gasteiger partial charge in [-0.1, -0.05) is 18.2 Å². The molecule has 0 radical (unpaired) electrons. The summed E-state index contributed by atoms with van der Waals surface area (Å²) in [6.45, 7) is 7.18. The first-order chi connectivity index (χ1) is 17.2. The van der Waals surface area contributed by atoms with E-state index in [1.165, 1.54) is 17.7 Å². The average molecular weight is 501 g/mol. The number of nitrogens with zero attached hydrogens (tertiary/aromatic N) is 3. The van der Waals surface area contributed by atoms with Crippen molar-refractivity contribution in [3.8, 4) is 0 Å². The van der Waals surface area contributed by atoms with E-state index in [1.54, 1.807) is 0 Å². The molecule has 3 aromatic rings. The van der Waals surface area contributed by atoms with E-state index in [9.17, 15) is 22.8 Å². The molecular formula is C27H31F3N4O2. The van der Waals surface area contributed by atoms with Gasteiger partial charge < -0.3 is 14.8 Å². The molecule has 1 saturated heterocycles. The van der Waals surface area contributed by atoms with Gasteiger partial charge in [-0.2, -0.15) is 13.2 Å². The zero-order chi connectivity index (χ0) is 25.9. The van der Waals surface area contributed by atoms with Gasteiger partial charge in [-0.15, -0.1) is 0 Å². The molecule has 1 unspecified atom stereocenters. The number of nitrogens with one attached hydrogen (secondary N) is 1. The van der Waals surface area contributed by atoms with Gasteiger partial charge in [0.05, 0.1) is 12.1 Å². The number of rotatable bonds is 8. The van der Waals surface area contributed by atoms with Crippen LogP contribution in [0.1, 0.15) is 37.3 Å². The predicted molar refractivity (Wildman–Crippen MR) is 134 cm³/mol. The highest BCUT2D eigenvalue weighted by Crippen LogP contribution is 2.34. The van der Waals surface area contributed by atoms with E-state index < -0.39 is 11.7 Å². The lowest BCUT2D eigenvalue weighted by Crippen LogP contribution is -2.33. The van der Waals surface area contributed by atoms with Crippen molar-refractivity contribution in [1.29, 1.82) is 0 Å². The number of fused-ring (bicyclic) bond motifs is 1. The number of hydrogen-bond acceptors (Lipinski definition) is 3. The number of amides is 2. The van der Waals surface area contributed by atoms with Gasteiger partial charge in [0.1, 0.15) is 6.54 Å². The molecule has 1 atom stereocenters. The summed E-state index contributed by atoms with van der Waals surface area (Å²) in [4.78, 5) is 29.1. The summed E-state index contributed by atoms with van der Waals surface area (Å²) < 4.78 is 40.3. The first-order valence-electron chi connectivity index (χ1n) is 12.2. The Labute approximate surface area is 208 Å². The highest BCUT2D eigenvalue weighted by atomic mass is 19.4. The van der Waals surface area contributed by atoms with Crippen LogP contribution in [0.25, 0.3) is 10.9 Å². The van der Waals surface area contributed by atoms with Crippen LogP contribution in [0.2, 0.25) is 0 Å². The van der Waals surface area contributed by atoms with E-state index in [-0.39, 0.29) is 30.8 Å². The number of para-hydroxylation sites is 1. The molecule has 192 valence electrons. The Bertz CT molecular complexity index is 1220. The largest absolute Gasteiger partial charge is 0.416 e. The van der Waals surface area contributed by atoms with Crippen LogP contribution in [0.3, 0.4) is 0 Å². The Morgan fingerprint density at radius 1 is 1.03 bits per heavy atom. The summed E-state index contributed by atoms with van der Waals surface area (Å²) in [5, 5.41) is 3.80. The van der Waals surface area contributed by atoms with Crippen LogP contribution >= 0.6 is 0 Å². The minimum absolute atomic E-state index is 0.0836. The normalized spacial score (nSPS) is 16.4. The maximum absolute atomic E-state index is 12.7. The topological polar surface area (TPSA) is 57.6 Å². The van der Waals surface area contributed by atoms with Crippen molar-refractivity contribution in [2.45, 2.75) is 38.9 Å². The average Bonchev–Trinajstić information content (AvgIpc) is 3.44. The highest BCUT2D eigenvalue weighted by molar-refractivity contribution is 5.92. The summed E-state index contributed by atoms with van der Waals surface area (Å²) in [7, 11) is 0. The SMILES string of the molecule is CCN(CC)C(=O)Cn1cc(C2CCN(CC(=O)Nc3ccc(C(F)(F)F)cc3)C2)c2ccccc21. The second-order valence-corrected chi connectivity index (χ2v) is 9.14. The van der Waals surface area contributed by atoms with Gasteiger partial charge in [0.25, 0.3) is 0 Å². The molecule has 0 aliphatic carbocycles. The first kappa shape index (κ1) is 25.8. The maximum atomic E-state index is 12.7. The van der Waals surface area contributed by atoms with Gasteiger partial charge in [-0.25, -0.2) is 0 Å². The number of carbonyl (C=O) groups excluding carboxylic acids is 2. The summed E-state index contributed by atoms with van der Waals surface area (Å²) in [5.74, 6) is 0.0431. The number of halogens is 3. The van der Waals surface area contributed by atoms with Gasteiger partial charge in [0.2, 0.25) is 11.8 Å². The lowest BCUT2D eigenvalue weighted by molar-refractivity contribution is -0.137. The van der Waals surface area contributed by atoms with E-state index in [2.05, 4.69) is 22.5 Å². The molecule has 0 saturated carbocycles. The third kappa shape index (κ3) is 5.73. The zero-order valence-corrected chi connectivity index (χ0v) is 20.5. The van der Waals surface area contributed by atoms with Gasteiger partial charge in [-0.05, 0) is 68.6 Å². The quantitative estimate of drug-likeness (QED) is 0.476. The van der Waals surface area contributed by atoms with Crippen molar-refractivity contribution in [1.82, 2.24) is 14.4 Å². The molecule has 1 fully saturated rings. The standard InChI is InChI=1S/C27H31F3N4O2/c1-3-33(4-2)26(36)18-34-16-23(22-7-5-6-8-24(22)34)19-13-14-32(15-19)17-25(35)31-21-11-9-20(10-12-21)27(28,29)30/h5-12,16,19H,3-4,13-15,17-18H2,1-2H3,(H,31,35). The van der Waals surface area contributed by atoms with E-state index in [1.807, 2.05) is 41.5 Å². The molecule has 4 rings (SSSR count). The zero-order valence-electron chi connectivity index (χ0n) is 20.5. The smallest absolute Gasteiger partial charge is 0.342 e. The molecule has 0 bridgehead atoms. The number of likely N-dealkylation sites (N-methyl/N-ethyl adjacent to an activating group) is 1. The number of carbonyl (C=O) groups is 2. The number of benzene rings is 2. The summed E-state index contributed by atoms with van der Waals surface area (Å²) in [5.41, 5.74) is 1.78. The second kappa shape index (κ2) is 10.7. The monoisotopic (exact) mass is 500 g/mol.